The molecule has 1 unspecified atom stereocenters. The number of piperazine rings is 1. The van der Waals surface area contributed by atoms with Crippen molar-refractivity contribution in [3.63, 3.8) is 0 Å². The molecular formula is C20H24N4OS2. The largest absolute Gasteiger partial charge is 0.377 e. The molecule has 5 rings (SSSR count). The van der Waals surface area contributed by atoms with Gasteiger partial charge in [-0.05, 0) is 31.2 Å². The number of aromatic nitrogens is 2. The maximum atomic E-state index is 5.81. The first-order chi connectivity index (χ1) is 13.3. The fourth-order valence-corrected chi connectivity index (χ4v) is 5.89. The van der Waals surface area contributed by atoms with Crippen LogP contribution in [0.2, 0.25) is 0 Å². The Hall–Kier alpha value is -1.54. The minimum Gasteiger partial charge on any atom is -0.377 e. The zero-order valence-electron chi connectivity index (χ0n) is 15.6. The molecule has 0 bridgehead atoms. The third kappa shape index (κ3) is 3.49. The summed E-state index contributed by atoms with van der Waals surface area (Å²) in [7, 11) is 0. The molecule has 0 spiro atoms. The molecule has 1 atom stereocenters. The number of ether oxygens (including phenoxy) is 1. The molecule has 2 fully saturated rings. The molecule has 0 amide bonds. The summed E-state index contributed by atoms with van der Waals surface area (Å²) >= 11 is 3.51. The quantitative estimate of drug-likeness (QED) is 0.661. The number of hydrogen-bond donors (Lipinski definition) is 0. The summed E-state index contributed by atoms with van der Waals surface area (Å²) in [6.45, 7) is 8.18. The van der Waals surface area contributed by atoms with Gasteiger partial charge in [-0.15, -0.1) is 22.7 Å². The Labute approximate surface area is 167 Å². The molecule has 2 saturated heterocycles. The van der Waals surface area contributed by atoms with E-state index in [4.69, 9.17) is 14.7 Å². The minimum atomic E-state index is 0.437. The summed E-state index contributed by atoms with van der Waals surface area (Å²) in [5.41, 5.74) is 1.28. The summed E-state index contributed by atoms with van der Waals surface area (Å²) in [5.74, 6) is 1.97. The van der Waals surface area contributed by atoms with Crippen LogP contribution in [-0.4, -0.2) is 60.3 Å². The Bertz CT molecular complexity index is 910. The van der Waals surface area contributed by atoms with Gasteiger partial charge in [-0.25, -0.2) is 9.97 Å². The van der Waals surface area contributed by atoms with E-state index in [2.05, 4.69) is 32.7 Å². The van der Waals surface area contributed by atoms with Crippen LogP contribution in [0.15, 0.2) is 22.9 Å². The van der Waals surface area contributed by atoms with E-state index in [0.29, 0.717) is 6.10 Å². The topological polar surface area (TPSA) is 41.5 Å². The van der Waals surface area contributed by atoms with Crippen molar-refractivity contribution in [2.24, 2.45) is 0 Å². The third-order valence-electron chi connectivity index (χ3n) is 5.47. The lowest BCUT2D eigenvalue weighted by molar-refractivity contribution is 0.0712. The monoisotopic (exact) mass is 400 g/mol. The van der Waals surface area contributed by atoms with Gasteiger partial charge in [-0.1, -0.05) is 6.07 Å². The van der Waals surface area contributed by atoms with Crippen molar-refractivity contribution in [2.45, 2.75) is 25.9 Å². The van der Waals surface area contributed by atoms with Gasteiger partial charge >= 0.3 is 0 Å². The second kappa shape index (κ2) is 7.47. The van der Waals surface area contributed by atoms with Crippen LogP contribution in [0, 0.1) is 6.92 Å². The van der Waals surface area contributed by atoms with Crippen molar-refractivity contribution in [1.82, 2.24) is 14.9 Å². The molecule has 5 nitrogen and oxygen atoms in total. The number of thiophene rings is 2. The Morgan fingerprint density at radius 2 is 2.07 bits per heavy atom. The predicted octanol–water partition coefficient (Wildman–Crippen LogP) is 4.03. The highest BCUT2D eigenvalue weighted by atomic mass is 32.1. The molecule has 5 heterocycles. The summed E-state index contributed by atoms with van der Waals surface area (Å²) in [4.78, 5) is 17.0. The SMILES string of the molecule is Cc1nc(N2CCN(CC3CCCO3)CC2)c2c(-c3cccs3)csc2n1. The van der Waals surface area contributed by atoms with Crippen molar-refractivity contribution >= 4 is 38.7 Å². The van der Waals surface area contributed by atoms with Gasteiger partial charge in [-0.3, -0.25) is 4.90 Å². The molecule has 3 aromatic rings. The number of anilines is 1. The van der Waals surface area contributed by atoms with Crippen LogP contribution in [0.3, 0.4) is 0 Å². The highest BCUT2D eigenvalue weighted by Crippen LogP contribution is 2.40. The highest BCUT2D eigenvalue weighted by molar-refractivity contribution is 7.18. The van der Waals surface area contributed by atoms with Crippen LogP contribution in [0.25, 0.3) is 20.7 Å². The molecule has 27 heavy (non-hydrogen) atoms. The van der Waals surface area contributed by atoms with E-state index in [1.165, 1.54) is 28.7 Å². The van der Waals surface area contributed by atoms with Crippen LogP contribution in [0.5, 0.6) is 0 Å². The average molecular weight is 401 g/mol. The number of aryl methyl sites for hydroxylation is 1. The Morgan fingerprint density at radius 3 is 2.81 bits per heavy atom. The minimum absolute atomic E-state index is 0.437. The van der Waals surface area contributed by atoms with Gasteiger partial charge in [0.05, 0.1) is 11.5 Å². The first-order valence-electron chi connectivity index (χ1n) is 9.66. The zero-order chi connectivity index (χ0) is 18.2. The lowest BCUT2D eigenvalue weighted by Gasteiger charge is -2.36. The first-order valence-corrected chi connectivity index (χ1v) is 11.4. The number of hydrogen-bond acceptors (Lipinski definition) is 7. The Balaban J connectivity index is 1.40. The summed E-state index contributed by atoms with van der Waals surface area (Å²) in [6, 6.07) is 4.30. The molecule has 142 valence electrons. The van der Waals surface area contributed by atoms with Gasteiger partial charge in [0.25, 0.3) is 0 Å². The molecule has 2 aliphatic heterocycles. The van der Waals surface area contributed by atoms with Gasteiger partial charge in [0.2, 0.25) is 0 Å². The van der Waals surface area contributed by atoms with Gasteiger partial charge in [-0.2, -0.15) is 0 Å². The zero-order valence-corrected chi connectivity index (χ0v) is 17.2. The predicted molar refractivity (Wildman–Crippen MR) is 113 cm³/mol. The smallest absolute Gasteiger partial charge is 0.141 e. The van der Waals surface area contributed by atoms with E-state index >= 15 is 0 Å². The molecule has 0 aromatic carbocycles. The van der Waals surface area contributed by atoms with E-state index in [1.54, 1.807) is 22.7 Å². The fourth-order valence-electron chi connectivity index (χ4n) is 4.09. The van der Waals surface area contributed by atoms with Crippen LogP contribution in [0.4, 0.5) is 5.82 Å². The Morgan fingerprint density at radius 1 is 1.19 bits per heavy atom. The number of nitrogens with zero attached hydrogens (tertiary/aromatic N) is 4. The lowest BCUT2D eigenvalue weighted by Crippen LogP contribution is -2.48. The molecule has 0 saturated carbocycles. The second-order valence-electron chi connectivity index (χ2n) is 7.32. The standard InChI is InChI=1S/C20H24N4OS2/c1-14-21-19(18-16(13-27-20(18)22-14)17-5-3-11-26-17)24-8-6-23(7-9-24)12-15-4-2-10-25-15/h3,5,11,13,15H,2,4,6-10,12H2,1H3. The molecule has 0 N–H and O–H groups in total. The van der Waals surface area contributed by atoms with Gasteiger partial charge in [0.1, 0.15) is 16.5 Å². The summed E-state index contributed by atoms with van der Waals surface area (Å²) < 4.78 is 5.81. The molecular weight excluding hydrogens is 376 g/mol. The summed E-state index contributed by atoms with van der Waals surface area (Å²) in [5, 5.41) is 5.60. The van der Waals surface area contributed by atoms with E-state index in [1.807, 2.05) is 6.92 Å². The first kappa shape index (κ1) is 17.6. The van der Waals surface area contributed by atoms with Gasteiger partial charge in [0.15, 0.2) is 0 Å². The number of rotatable bonds is 4. The normalized spacial score (nSPS) is 21.4. The highest BCUT2D eigenvalue weighted by Gasteiger charge is 2.25. The Kier molecular flexibility index (Phi) is 4.85. The molecule has 7 heteroatoms. The van der Waals surface area contributed by atoms with Gasteiger partial charge in [0, 0.05) is 55.2 Å². The van der Waals surface area contributed by atoms with Crippen LogP contribution in [-0.2, 0) is 4.74 Å². The van der Waals surface area contributed by atoms with Crippen LogP contribution < -0.4 is 4.90 Å². The van der Waals surface area contributed by atoms with Crippen LogP contribution in [0.1, 0.15) is 18.7 Å². The molecule has 3 aromatic heterocycles. The van der Waals surface area contributed by atoms with Crippen molar-refractivity contribution < 1.29 is 4.74 Å². The van der Waals surface area contributed by atoms with E-state index in [0.717, 1.165) is 55.8 Å². The van der Waals surface area contributed by atoms with E-state index < -0.39 is 0 Å². The number of fused-ring (bicyclic) bond motifs is 1. The molecule has 0 aliphatic carbocycles. The third-order valence-corrected chi connectivity index (χ3v) is 7.25. The van der Waals surface area contributed by atoms with E-state index in [9.17, 15) is 0 Å². The molecule has 0 radical (unpaired) electrons. The molecule has 2 aliphatic rings. The van der Waals surface area contributed by atoms with Crippen LogP contribution >= 0.6 is 22.7 Å². The fraction of sp³-hybridized carbons (Fsp3) is 0.500. The van der Waals surface area contributed by atoms with Gasteiger partial charge < -0.3 is 9.64 Å². The maximum Gasteiger partial charge on any atom is 0.141 e. The van der Waals surface area contributed by atoms with Crippen molar-refractivity contribution in [3.05, 3.63) is 28.7 Å². The second-order valence-corrected chi connectivity index (χ2v) is 9.13. The lowest BCUT2D eigenvalue weighted by atomic mass is 10.1. The maximum absolute atomic E-state index is 5.81. The van der Waals surface area contributed by atoms with E-state index in [-0.39, 0.29) is 0 Å². The summed E-state index contributed by atoms with van der Waals surface area (Å²) in [6.07, 6.45) is 2.86. The van der Waals surface area contributed by atoms with Crippen molar-refractivity contribution in [2.75, 3.05) is 44.2 Å². The van der Waals surface area contributed by atoms with Crippen molar-refractivity contribution in [3.8, 4) is 10.4 Å². The van der Waals surface area contributed by atoms with Crippen molar-refractivity contribution in [1.29, 1.82) is 0 Å². The average Bonchev–Trinajstić information content (AvgIpc) is 3.43.